The molecule has 9 heterocycles. The van der Waals surface area contributed by atoms with E-state index in [1.54, 1.807) is 11.3 Å². The van der Waals surface area contributed by atoms with Crippen LogP contribution in [0.25, 0.3) is 54.8 Å². The van der Waals surface area contributed by atoms with E-state index in [0.717, 1.165) is 86.4 Å². The van der Waals surface area contributed by atoms with Crippen molar-refractivity contribution < 1.29 is 42.9 Å². The quantitative estimate of drug-likeness (QED) is 0.0960. The number of ether oxygens (including phenoxy) is 5. The van der Waals surface area contributed by atoms with Gasteiger partial charge in [0.2, 0.25) is 18.0 Å². The van der Waals surface area contributed by atoms with Gasteiger partial charge in [-0.3, -0.25) is 14.2 Å². The zero-order chi connectivity index (χ0) is 51.4. The van der Waals surface area contributed by atoms with Crippen molar-refractivity contribution >= 4 is 56.3 Å². The summed E-state index contributed by atoms with van der Waals surface area (Å²) < 4.78 is 31.7. The van der Waals surface area contributed by atoms with E-state index < -0.39 is 30.0 Å². The minimum absolute atomic E-state index is 0.0557. The highest BCUT2D eigenvalue weighted by atomic mass is 32.1. The number of aromatic amines is 2. The fraction of sp³-hybridized carbons (Fsp3) is 0.429. The molecule has 1 unspecified atom stereocenters. The van der Waals surface area contributed by atoms with E-state index in [2.05, 4.69) is 98.0 Å². The van der Waals surface area contributed by atoms with Crippen LogP contribution in [-0.4, -0.2) is 124 Å². The molecule has 4 aromatic heterocycles. The Morgan fingerprint density at radius 2 is 1.40 bits per heavy atom. The molecule has 4 saturated heterocycles. The number of amides is 4. The summed E-state index contributed by atoms with van der Waals surface area (Å²) in [5, 5.41) is 7.94. The van der Waals surface area contributed by atoms with Crippen LogP contribution in [0.2, 0.25) is 0 Å². The molecule has 0 saturated carbocycles. The molecule has 0 spiro atoms. The molecule has 4 amide bonds. The molecule has 7 aromatic rings. The van der Waals surface area contributed by atoms with E-state index in [0.29, 0.717) is 76.8 Å². The third-order valence-corrected chi connectivity index (χ3v) is 17.4. The van der Waals surface area contributed by atoms with E-state index in [1.165, 1.54) is 18.9 Å². The Balaban J connectivity index is 0.842. The van der Waals surface area contributed by atoms with Crippen LogP contribution in [0.1, 0.15) is 93.1 Å². The van der Waals surface area contributed by atoms with E-state index in [-0.39, 0.29) is 35.7 Å². The molecule has 75 heavy (non-hydrogen) atoms. The SMILES string of the molecule is COC(=O)N[C@H](C(=O)N1CCC[C@H]1c1ncc(-c2ccc3c(c2)cc2n3C(c3cc4ccccc4s3)Oc3cc(-c4cnc([C@@H]5CCCN5C(=O)[C@](C)(NC(=O)OC)C5CCOCC5)[nH]4)ccc3-2)[nH]1)C1CCOCC1. The second-order valence-electron chi connectivity index (χ2n) is 20.5. The Hall–Kier alpha value is -7.22. The standard InChI is InChI=1S/C56H61N9O9S/c1-56(62-55(69)71-3,37-18-24-73-25-19-37)53(67)64-21-7-10-43(64)50-58-31-40(60-50)34-12-14-38-44-27-36-26-33(13-15-41(36)65(44)52(74-45(38)28-34)47-29-35-8-4-5-11-46(35)75-47)39-30-57-49(59-39)42-9-6-20-63(42)51(66)48(61-54(68)70-2)32-16-22-72-23-17-32/h4-5,8,11-15,26-32,37,42-43,48,52H,6-7,9-10,16-25H2,1-3H3,(H,57,59)(H,58,60)(H,61,68)(H,62,69)/t42-,43-,48-,52?,56+/m0/s1. The predicted octanol–water partition coefficient (Wildman–Crippen LogP) is 9.26. The predicted molar refractivity (Wildman–Crippen MR) is 281 cm³/mol. The largest absolute Gasteiger partial charge is 0.464 e. The number of nitrogens with one attached hydrogen (secondary N) is 4. The van der Waals surface area contributed by atoms with Crippen molar-refractivity contribution in [3.63, 3.8) is 0 Å². The number of imidazole rings is 2. The first-order chi connectivity index (χ1) is 36.6. The summed E-state index contributed by atoms with van der Waals surface area (Å²) in [5.74, 6) is 1.68. The second kappa shape index (κ2) is 20.1. The lowest BCUT2D eigenvalue weighted by Crippen LogP contribution is -2.62. The van der Waals surface area contributed by atoms with Crippen molar-refractivity contribution in [2.45, 2.75) is 88.2 Å². The molecule has 0 bridgehead atoms. The van der Waals surface area contributed by atoms with Gasteiger partial charge in [-0.2, -0.15) is 0 Å². The fourth-order valence-electron chi connectivity index (χ4n) is 12.2. The molecule has 4 N–H and O–H groups in total. The topological polar surface area (TPSA) is 207 Å². The van der Waals surface area contributed by atoms with E-state index in [4.69, 9.17) is 33.7 Å². The van der Waals surface area contributed by atoms with Crippen LogP contribution in [0.3, 0.4) is 0 Å². The molecule has 19 heteroatoms. The van der Waals surface area contributed by atoms with Crippen LogP contribution in [0, 0.1) is 11.8 Å². The van der Waals surface area contributed by atoms with Crippen molar-refractivity contribution in [1.29, 1.82) is 0 Å². The monoisotopic (exact) mass is 1040 g/mol. The highest BCUT2D eigenvalue weighted by Crippen LogP contribution is 2.48. The first kappa shape index (κ1) is 48.7. The maximum absolute atomic E-state index is 14.6. The van der Waals surface area contributed by atoms with Gasteiger partial charge >= 0.3 is 12.2 Å². The Kier molecular flexibility index (Phi) is 13.1. The average Bonchev–Trinajstić information content (AvgIpc) is 4.33. The number of aromatic nitrogens is 5. The molecule has 3 aromatic carbocycles. The van der Waals surface area contributed by atoms with Crippen LogP contribution in [0.5, 0.6) is 5.75 Å². The molecular formula is C56H61N9O9S. The van der Waals surface area contributed by atoms with Gasteiger partial charge in [0.15, 0.2) is 0 Å². The summed E-state index contributed by atoms with van der Waals surface area (Å²) in [6.45, 7) is 5.06. The molecule has 18 nitrogen and oxygen atoms in total. The number of benzene rings is 3. The number of methoxy groups -OCH3 is 2. The number of alkyl carbamates (subject to hydrolysis) is 2. The summed E-state index contributed by atoms with van der Waals surface area (Å²) in [6, 6.07) is 24.2. The smallest absolute Gasteiger partial charge is 0.407 e. The Labute approximate surface area is 437 Å². The first-order valence-electron chi connectivity index (χ1n) is 26.1. The van der Waals surface area contributed by atoms with Gasteiger partial charge in [0, 0.05) is 66.3 Å². The van der Waals surface area contributed by atoms with Crippen LogP contribution in [0.4, 0.5) is 9.59 Å². The molecule has 4 fully saturated rings. The molecule has 390 valence electrons. The van der Waals surface area contributed by atoms with Gasteiger partial charge in [0.1, 0.15) is 29.0 Å². The normalized spacial score (nSPS) is 21.3. The minimum atomic E-state index is -1.18. The molecule has 0 radical (unpaired) electrons. The first-order valence-corrected chi connectivity index (χ1v) is 26.9. The van der Waals surface area contributed by atoms with Crippen molar-refractivity contribution in [2.75, 3.05) is 53.7 Å². The molecule has 5 atom stereocenters. The van der Waals surface area contributed by atoms with E-state index in [9.17, 15) is 19.2 Å². The number of fused-ring (bicyclic) bond motifs is 6. The fourth-order valence-corrected chi connectivity index (χ4v) is 13.3. The van der Waals surface area contributed by atoms with Crippen LogP contribution in [0.15, 0.2) is 85.2 Å². The number of nitrogens with zero attached hydrogens (tertiary/aromatic N) is 5. The number of hydrogen-bond donors (Lipinski definition) is 4. The molecule has 5 aliphatic heterocycles. The van der Waals surface area contributed by atoms with Crippen molar-refractivity contribution in [1.82, 2.24) is 44.9 Å². The Morgan fingerprint density at radius 3 is 2.11 bits per heavy atom. The highest BCUT2D eigenvalue weighted by molar-refractivity contribution is 7.19. The van der Waals surface area contributed by atoms with Crippen LogP contribution < -0.4 is 15.4 Å². The van der Waals surface area contributed by atoms with Gasteiger partial charge in [-0.1, -0.05) is 30.3 Å². The molecule has 5 aliphatic rings. The second-order valence-corrected chi connectivity index (χ2v) is 21.6. The Bertz CT molecular complexity index is 3260. The van der Waals surface area contributed by atoms with Gasteiger partial charge in [-0.15, -0.1) is 11.3 Å². The van der Waals surface area contributed by atoms with Crippen molar-refractivity contribution in [3.05, 3.63) is 102 Å². The summed E-state index contributed by atoms with van der Waals surface area (Å²) in [5.41, 5.74) is 5.27. The maximum Gasteiger partial charge on any atom is 0.407 e. The zero-order valence-electron chi connectivity index (χ0n) is 42.3. The Morgan fingerprint density at radius 1 is 0.747 bits per heavy atom. The van der Waals surface area contributed by atoms with Gasteiger partial charge in [0.05, 0.1) is 66.2 Å². The van der Waals surface area contributed by atoms with Crippen LogP contribution in [-0.2, 0) is 28.5 Å². The van der Waals surface area contributed by atoms with Gasteiger partial charge in [-0.05, 0) is 118 Å². The van der Waals surface area contributed by atoms with Crippen molar-refractivity contribution in [3.8, 4) is 39.5 Å². The number of H-pyrrole nitrogens is 2. The molecule has 0 aliphatic carbocycles. The lowest BCUT2D eigenvalue weighted by Gasteiger charge is -2.41. The highest BCUT2D eigenvalue weighted by Gasteiger charge is 2.49. The van der Waals surface area contributed by atoms with E-state index >= 15 is 0 Å². The number of carbonyl (C=O) groups is 4. The molecule has 12 rings (SSSR count). The summed E-state index contributed by atoms with van der Waals surface area (Å²) in [7, 11) is 2.63. The minimum Gasteiger partial charge on any atom is -0.464 e. The lowest BCUT2D eigenvalue weighted by molar-refractivity contribution is -0.142. The van der Waals surface area contributed by atoms with E-state index in [1.807, 2.05) is 29.1 Å². The van der Waals surface area contributed by atoms with Crippen LogP contribution >= 0.6 is 11.3 Å². The average molecular weight is 1040 g/mol. The number of carbonyl (C=O) groups excluding carboxylic acids is 4. The molecular weight excluding hydrogens is 975 g/mol. The van der Waals surface area contributed by atoms with Gasteiger partial charge < -0.3 is 54.1 Å². The number of rotatable bonds is 11. The number of thiophene rings is 1. The van der Waals surface area contributed by atoms with Gasteiger partial charge in [-0.25, -0.2) is 19.6 Å². The van der Waals surface area contributed by atoms with Gasteiger partial charge in [0.25, 0.3) is 0 Å². The lowest BCUT2D eigenvalue weighted by atomic mass is 9.79. The number of likely N-dealkylation sites (tertiary alicyclic amines) is 2. The third kappa shape index (κ3) is 8.97. The maximum atomic E-state index is 14.6. The third-order valence-electron chi connectivity index (χ3n) is 16.2. The zero-order valence-corrected chi connectivity index (χ0v) is 43.1. The van der Waals surface area contributed by atoms with Crippen molar-refractivity contribution in [2.24, 2.45) is 11.8 Å². The summed E-state index contributed by atoms with van der Waals surface area (Å²) >= 11 is 1.72. The number of hydrogen-bond acceptors (Lipinski definition) is 12. The summed E-state index contributed by atoms with van der Waals surface area (Å²) in [4.78, 5) is 75.7. The summed E-state index contributed by atoms with van der Waals surface area (Å²) in [6.07, 6.45) is 7.69.